The van der Waals surface area contributed by atoms with Gasteiger partial charge in [-0.25, -0.2) is 4.79 Å². The highest BCUT2D eigenvalue weighted by Gasteiger charge is 2.26. The molecule has 0 bridgehead atoms. The number of ether oxygens (including phenoxy) is 4. The molecule has 0 aromatic heterocycles. The van der Waals surface area contributed by atoms with Gasteiger partial charge in [-0.3, -0.25) is 4.90 Å². The summed E-state index contributed by atoms with van der Waals surface area (Å²) in [4.78, 5) is 17.0. The first-order valence-electron chi connectivity index (χ1n) is 10.6. The maximum Gasteiger partial charge on any atom is 0.317 e. The van der Waals surface area contributed by atoms with Crippen LogP contribution < -0.4 is 24.3 Å². The number of carbonyl (C=O) groups is 1. The number of nitrogens with one attached hydrogen (secondary N) is 1. The Bertz CT molecular complexity index is 958. The van der Waals surface area contributed by atoms with Crippen molar-refractivity contribution in [3.05, 3.63) is 47.5 Å². The molecular formula is C23H27N3O5. The van der Waals surface area contributed by atoms with Gasteiger partial charge in [0.15, 0.2) is 11.5 Å². The number of benzene rings is 2. The zero-order valence-electron chi connectivity index (χ0n) is 17.6. The number of rotatable bonds is 4. The largest absolute Gasteiger partial charge is 0.497 e. The van der Waals surface area contributed by atoms with Gasteiger partial charge in [0.1, 0.15) is 18.1 Å². The molecule has 8 heteroatoms. The van der Waals surface area contributed by atoms with Crippen molar-refractivity contribution in [1.82, 2.24) is 15.1 Å². The molecule has 164 valence electrons. The quantitative estimate of drug-likeness (QED) is 0.810. The summed E-state index contributed by atoms with van der Waals surface area (Å²) in [5, 5.41) is 3.13. The highest BCUT2D eigenvalue weighted by Crippen LogP contribution is 2.33. The van der Waals surface area contributed by atoms with Crippen LogP contribution in [0.4, 0.5) is 4.79 Å². The molecule has 31 heavy (non-hydrogen) atoms. The first kappa shape index (κ1) is 19.8. The Kier molecular flexibility index (Phi) is 5.46. The van der Waals surface area contributed by atoms with Crippen LogP contribution in [-0.4, -0.2) is 68.6 Å². The second-order valence-corrected chi connectivity index (χ2v) is 8.09. The molecule has 0 saturated carbocycles. The summed E-state index contributed by atoms with van der Waals surface area (Å²) < 4.78 is 22.0. The molecule has 0 aliphatic carbocycles. The van der Waals surface area contributed by atoms with Crippen molar-refractivity contribution in [2.75, 3.05) is 46.7 Å². The number of hydrogen-bond acceptors (Lipinski definition) is 6. The average Bonchev–Trinajstić information content (AvgIpc) is 3.27. The van der Waals surface area contributed by atoms with E-state index in [4.69, 9.17) is 18.9 Å². The van der Waals surface area contributed by atoms with Gasteiger partial charge in [-0.05, 0) is 47.9 Å². The van der Waals surface area contributed by atoms with Gasteiger partial charge in [0, 0.05) is 32.7 Å². The van der Waals surface area contributed by atoms with Crippen LogP contribution >= 0.6 is 0 Å². The molecule has 3 heterocycles. The first-order chi connectivity index (χ1) is 15.2. The van der Waals surface area contributed by atoms with Gasteiger partial charge in [0.05, 0.1) is 13.2 Å². The maximum absolute atomic E-state index is 12.8. The van der Waals surface area contributed by atoms with Crippen LogP contribution in [-0.2, 0) is 13.0 Å². The maximum atomic E-state index is 12.8. The van der Waals surface area contributed by atoms with Gasteiger partial charge in [-0.2, -0.15) is 0 Å². The molecule has 0 unspecified atom stereocenters. The van der Waals surface area contributed by atoms with E-state index in [1.165, 1.54) is 5.56 Å². The highest BCUT2D eigenvalue weighted by molar-refractivity contribution is 5.74. The van der Waals surface area contributed by atoms with E-state index in [0.717, 1.165) is 54.6 Å². The van der Waals surface area contributed by atoms with Crippen molar-refractivity contribution in [1.29, 1.82) is 0 Å². The smallest absolute Gasteiger partial charge is 0.317 e. The fraction of sp³-hybridized carbons (Fsp3) is 0.435. The van der Waals surface area contributed by atoms with E-state index in [-0.39, 0.29) is 18.9 Å². The monoisotopic (exact) mass is 425 g/mol. The molecule has 3 aliphatic rings. The summed E-state index contributed by atoms with van der Waals surface area (Å²) >= 11 is 0. The fourth-order valence-corrected chi connectivity index (χ4v) is 4.26. The summed E-state index contributed by atoms with van der Waals surface area (Å²) in [5.41, 5.74) is 2.25. The van der Waals surface area contributed by atoms with Gasteiger partial charge >= 0.3 is 6.03 Å². The Labute approximate surface area is 181 Å². The van der Waals surface area contributed by atoms with Crippen LogP contribution in [0.15, 0.2) is 36.4 Å². The molecule has 0 spiro atoms. The first-order valence-corrected chi connectivity index (χ1v) is 10.6. The predicted octanol–water partition coefficient (Wildman–Crippen LogP) is 2.25. The zero-order valence-corrected chi connectivity index (χ0v) is 17.6. The second kappa shape index (κ2) is 8.55. The Hall–Kier alpha value is -3.13. The van der Waals surface area contributed by atoms with Crippen LogP contribution in [0.3, 0.4) is 0 Å². The van der Waals surface area contributed by atoms with Crippen LogP contribution in [0.5, 0.6) is 23.0 Å². The van der Waals surface area contributed by atoms with Gasteiger partial charge in [0.2, 0.25) is 6.79 Å². The average molecular weight is 425 g/mol. The number of fused-ring (bicyclic) bond motifs is 2. The molecule has 3 aliphatic heterocycles. The Morgan fingerprint density at radius 3 is 2.68 bits per heavy atom. The minimum atomic E-state index is -0.0428. The van der Waals surface area contributed by atoms with E-state index in [1.54, 1.807) is 7.11 Å². The number of methoxy groups -OCH3 is 1. The zero-order chi connectivity index (χ0) is 21.2. The lowest BCUT2D eigenvalue weighted by atomic mass is 10.0. The van der Waals surface area contributed by atoms with E-state index >= 15 is 0 Å². The van der Waals surface area contributed by atoms with Crippen LogP contribution in [0.1, 0.15) is 11.1 Å². The van der Waals surface area contributed by atoms with E-state index in [9.17, 15) is 4.79 Å². The molecule has 1 saturated heterocycles. The summed E-state index contributed by atoms with van der Waals surface area (Å²) in [6.45, 7) is 4.68. The SMILES string of the molecule is COc1ccc2c(c1)C[C@H](NC(=O)N1CCN(Cc3ccc4c(c3)OCO4)CC1)CO2. The van der Waals surface area contributed by atoms with E-state index in [0.29, 0.717) is 19.7 Å². The molecule has 1 N–H and O–H groups in total. The van der Waals surface area contributed by atoms with Gasteiger partial charge in [-0.15, -0.1) is 0 Å². The number of piperazine rings is 1. The predicted molar refractivity (Wildman–Crippen MR) is 114 cm³/mol. The molecule has 2 amide bonds. The van der Waals surface area contributed by atoms with Crippen LogP contribution in [0.2, 0.25) is 0 Å². The molecule has 0 radical (unpaired) electrons. The normalized spacial score (nSPS) is 20.0. The van der Waals surface area contributed by atoms with Crippen LogP contribution in [0.25, 0.3) is 0 Å². The summed E-state index contributed by atoms with van der Waals surface area (Å²) in [7, 11) is 1.65. The van der Waals surface area contributed by atoms with Gasteiger partial charge in [0.25, 0.3) is 0 Å². The molecule has 5 rings (SSSR count). The van der Waals surface area contributed by atoms with Crippen molar-refractivity contribution in [2.45, 2.75) is 19.0 Å². The topological polar surface area (TPSA) is 72.5 Å². The summed E-state index contributed by atoms with van der Waals surface area (Å²) in [5.74, 6) is 3.28. The summed E-state index contributed by atoms with van der Waals surface area (Å²) in [6, 6.07) is 11.8. The molecule has 2 aromatic rings. The Morgan fingerprint density at radius 2 is 1.84 bits per heavy atom. The van der Waals surface area contributed by atoms with Crippen molar-refractivity contribution in [3.63, 3.8) is 0 Å². The lowest BCUT2D eigenvalue weighted by Crippen LogP contribution is -2.54. The third kappa shape index (κ3) is 4.34. The van der Waals surface area contributed by atoms with Crippen LogP contribution in [0, 0.1) is 0 Å². The van der Waals surface area contributed by atoms with Crippen molar-refractivity contribution >= 4 is 6.03 Å². The summed E-state index contributed by atoms with van der Waals surface area (Å²) in [6.07, 6.45) is 0.738. The number of carbonyl (C=O) groups excluding carboxylic acids is 1. The third-order valence-corrected chi connectivity index (χ3v) is 6.00. The number of hydrogen-bond donors (Lipinski definition) is 1. The van der Waals surface area contributed by atoms with Gasteiger partial charge in [-0.1, -0.05) is 6.07 Å². The molecule has 8 nitrogen and oxygen atoms in total. The minimum Gasteiger partial charge on any atom is -0.497 e. The molecule has 1 fully saturated rings. The van der Waals surface area contributed by atoms with E-state index in [2.05, 4.69) is 16.3 Å². The number of amides is 2. The second-order valence-electron chi connectivity index (χ2n) is 8.09. The Balaban J connectivity index is 1.11. The lowest BCUT2D eigenvalue weighted by Gasteiger charge is -2.36. The highest BCUT2D eigenvalue weighted by atomic mass is 16.7. The third-order valence-electron chi connectivity index (χ3n) is 6.00. The molecule has 2 aromatic carbocycles. The fourth-order valence-electron chi connectivity index (χ4n) is 4.26. The molecular weight excluding hydrogens is 398 g/mol. The Morgan fingerprint density at radius 1 is 1.03 bits per heavy atom. The standard InChI is InChI=1S/C23H27N3O5/c1-28-19-3-5-20-17(12-19)11-18(14-29-20)24-23(27)26-8-6-25(7-9-26)13-16-2-4-21-22(10-16)31-15-30-21/h2-5,10,12,18H,6-9,11,13-15H2,1H3,(H,24,27)/t18-/m0/s1. The molecule has 1 atom stereocenters. The van der Waals surface area contributed by atoms with Crippen molar-refractivity contribution in [2.24, 2.45) is 0 Å². The van der Waals surface area contributed by atoms with Crippen molar-refractivity contribution < 1.29 is 23.7 Å². The van der Waals surface area contributed by atoms with E-state index < -0.39 is 0 Å². The van der Waals surface area contributed by atoms with Crippen molar-refractivity contribution in [3.8, 4) is 23.0 Å². The number of nitrogens with zero attached hydrogens (tertiary/aromatic N) is 2. The van der Waals surface area contributed by atoms with Gasteiger partial charge < -0.3 is 29.2 Å². The number of urea groups is 1. The lowest BCUT2D eigenvalue weighted by molar-refractivity contribution is 0.129. The van der Waals surface area contributed by atoms with E-state index in [1.807, 2.05) is 35.2 Å². The minimum absolute atomic E-state index is 0.0253.